The first-order valence-electron chi connectivity index (χ1n) is 5.58. The molecule has 0 aromatic carbocycles. The van der Waals surface area contributed by atoms with E-state index in [9.17, 15) is 0 Å². The molecule has 2 rings (SSSR count). The third-order valence-corrected chi connectivity index (χ3v) is 2.70. The molecule has 0 bridgehead atoms. The Bertz CT molecular complexity index is 356. The van der Waals surface area contributed by atoms with Crippen molar-refractivity contribution in [1.82, 2.24) is 15.3 Å². The van der Waals surface area contributed by atoms with Gasteiger partial charge < -0.3 is 19.5 Å². The van der Waals surface area contributed by atoms with E-state index in [4.69, 9.17) is 14.2 Å². The van der Waals surface area contributed by atoms with E-state index in [0.717, 1.165) is 5.69 Å². The smallest absolute Gasteiger partial charge is 0.237 e. The van der Waals surface area contributed by atoms with Crippen LogP contribution in [0.1, 0.15) is 11.7 Å². The number of nitrogens with zero attached hydrogens (tertiary/aromatic N) is 2. The van der Waals surface area contributed by atoms with Gasteiger partial charge in [0.2, 0.25) is 5.88 Å². The Labute approximate surface area is 100 Å². The normalized spacial score (nSPS) is 22.1. The summed E-state index contributed by atoms with van der Waals surface area (Å²) in [7, 11) is 3.44. The second-order valence-corrected chi connectivity index (χ2v) is 3.70. The summed E-state index contributed by atoms with van der Waals surface area (Å²) < 4.78 is 16.3. The molecule has 17 heavy (non-hydrogen) atoms. The number of hydrogen-bond acceptors (Lipinski definition) is 6. The fraction of sp³-hybridized carbons (Fsp3) is 0.636. The van der Waals surface area contributed by atoms with Gasteiger partial charge in [0.25, 0.3) is 0 Å². The van der Waals surface area contributed by atoms with Gasteiger partial charge in [-0.3, -0.25) is 4.98 Å². The highest BCUT2D eigenvalue weighted by molar-refractivity contribution is 5.22. The van der Waals surface area contributed by atoms with Crippen molar-refractivity contribution in [1.29, 1.82) is 0 Å². The molecule has 0 aliphatic carbocycles. The molecule has 1 aromatic heterocycles. The fourth-order valence-corrected chi connectivity index (χ4v) is 1.90. The van der Waals surface area contributed by atoms with Crippen LogP contribution >= 0.6 is 0 Å². The Balaban J connectivity index is 2.21. The maximum Gasteiger partial charge on any atom is 0.237 e. The topological polar surface area (TPSA) is 65.5 Å². The molecule has 1 fully saturated rings. The lowest BCUT2D eigenvalue weighted by molar-refractivity contribution is -0.102. The predicted molar refractivity (Wildman–Crippen MR) is 60.9 cm³/mol. The number of rotatable bonds is 4. The molecule has 0 radical (unpaired) electrons. The van der Waals surface area contributed by atoms with Crippen molar-refractivity contribution in [2.75, 3.05) is 34.0 Å². The van der Waals surface area contributed by atoms with Crippen LogP contribution in [0.5, 0.6) is 5.88 Å². The first kappa shape index (κ1) is 12.2. The van der Waals surface area contributed by atoms with Gasteiger partial charge in [-0.1, -0.05) is 0 Å². The van der Waals surface area contributed by atoms with Gasteiger partial charge in [-0.2, -0.15) is 0 Å². The van der Waals surface area contributed by atoms with Crippen LogP contribution in [0, 0.1) is 0 Å². The molecule has 6 nitrogen and oxygen atoms in total. The van der Waals surface area contributed by atoms with E-state index in [1.165, 1.54) is 0 Å². The molecule has 1 N–H and O–H groups in total. The minimum Gasteiger partial charge on any atom is -0.480 e. The standard InChI is InChI=1S/C11H17N3O3/c1-12-9(8-7-16-5-6-17-8)10-11(15-2)14-4-3-13-10/h3-4,8-9,12H,5-7H2,1-2H3. The van der Waals surface area contributed by atoms with Crippen molar-refractivity contribution in [3.8, 4) is 5.88 Å². The second-order valence-electron chi connectivity index (χ2n) is 3.70. The Morgan fingerprint density at radius 3 is 2.88 bits per heavy atom. The molecule has 0 spiro atoms. The molecule has 2 heterocycles. The van der Waals surface area contributed by atoms with E-state index in [-0.39, 0.29) is 12.1 Å². The maximum absolute atomic E-state index is 5.67. The van der Waals surface area contributed by atoms with Crippen molar-refractivity contribution in [2.24, 2.45) is 0 Å². The number of ether oxygens (including phenoxy) is 3. The highest BCUT2D eigenvalue weighted by atomic mass is 16.6. The summed E-state index contributed by atoms with van der Waals surface area (Å²) in [6.07, 6.45) is 3.18. The summed E-state index contributed by atoms with van der Waals surface area (Å²) in [5.74, 6) is 0.515. The molecular formula is C11H17N3O3. The van der Waals surface area contributed by atoms with Crippen LogP contribution in [-0.2, 0) is 9.47 Å². The highest BCUT2D eigenvalue weighted by Crippen LogP contribution is 2.25. The first-order chi connectivity index (χ1) is 8.36. The van der Waals surface area contributed by atoms with Gasteiger partial charge in [-0.15, -0.1) is 0 Å². The summed E-state index contributed by atoms with van der Waals surface area (Å²) in [5, 5.41) is 3.18. The van der Waals surface area contributed by atoms with Crippen LogP contribution in [0.3, 0.4) is 0 Å². The molecule has 2 unspecified atom stereocenters. The summed E-state index contributed by atoms with van der Waals surface area (Å²) in [4.78, 5) is 8.45. The molecule has 94 valence electrons. The van der Waals surface area contributed by atoms with Crippen molar-refractivity contribution < 1.29 is 14.2 Å². The number of aromatic nitrogens is 2. The predicted octanol–water partition coefficient (Wildman–Crippen LogP) is 0.161. The molecule has 1 aliphatic heterocycles. The fourth-order valence-electron chi connectivity index (χ4n) is 1.90. The lowest BCUT2D eigenvalue weighted by Crippen LogP contribution is -2.40. The van der Waals surface area contributed by atoms with Gasteiger partial charge >= 0.3 is 0 Å². The van der Waals surface area contributed by atoms with Crippen LogP contribution in [-0.4, -0.2) is 50.1 Å². The van der Waals surface area contributed by atoms with Crippen LogP contribution in [0.15, 0.2) is 12.4 Å². The second kappa shape index (κ2) is 5.90. The molecule has 6 heteroatoms. The third kappa shape index (κ3) is 2.71. The highest BCUT2D eigenvalue weighted by Gasteiger charge is 2.29. The van der Waals surface area contributed by atoms with Gasteiger partial charge in [0, 0.05) is 12.4 Å². The molecule has 1 aliphatic rings. The Morgan fingerprint density at radius 1 is 1.41 bits per heavy atom. The number of hydrogen-bond donors (Lipinski definition) is 1. The molecule has 0 saturated carbocycles. The Kier molecular flexibility index (Phi) is 4.24. The summed E-state index contributed by atoms with van der Waals surface area (Å²) >= 11 is 0. The van der Waals surface area contributed by atoms with Gasteiger partial charge in [-0.25, -0.2) is 4.98 Å². The van der Waals surface area contributed by atoms with Crippen LogP contribution in [0.25, 0.3) is 0 Å². The van der Waals surface area contributed by atoms with Crippen LogP contribution < -0.4 is 10.1 Å². The van der Waals surface area contributed by atoms with E-state index >= 15 is 0 Å². The molecule has 1 aromatic rings. The van der Waals surface area contributed by atoms with E-state index < -0.39 is 0 Å². The number of likely N-dealkylation sites (N-methyl/N-ethyl adjacent to an activating group) is 1. The quantitative estimate of drug-likeness (QED) is 0.807. The third-order valence-electron chi connectivity index (χ3n) is 2.70. The van der Waals surface area contributed by atoms with Gasteiger partial charge in [-0.05, 0) is 7.05 Å². The zero-order valence-corrected chi connectivity index (χ0v) is 10.0. The van der Waals surface area contributed by atoms with Gasteiger partial charge in [0.1, 0.15) is 11.8 Å². The number of methoxy groups -OCH3 is 1. The monoisotopic (exact) mass is 239 g/mol. The van der Waals surface area contributed by atoms with Crippen molar-refractivity contribution in [3.05, 3.63) is 18.1 Å². The summed E-state index contributed by atoms with van der Waals surface area (Å²) in [6.45, 7) is 1.79. The lowest BCUT2D eigenvalue weighted by atomic mass is 10.1. The van der Waals surface area contributed by atoms with E-state index in [1.807, 2.05) is 7.05 Å². The van der Waals surface area contributed by atoms with E-state index in [1.54, 1.807) is 19.5 Å². The zero-order chi connectivity index (χ0) is 12.1. The lowest BCUT2D eigenvalue weighted by Gasteiger charge is -2.30. The van der Waals surface area contributed by atoms with Gasteiger partial charge in [0.05, 0.1) is 33.0 Å². The van der Waals surface area contributed by atoms with E-state index in [2.05, 4.69) is 15.3 Å². The molecular weight excluding hydrogens is 222 g/mol. The molecule has 1 saturated heterocycles. The first-order valence-corrected chi connectivity index (χ1v) is 5.58. The minimum atomic E-state index is -0.0843. The summed E-state index contributed by atoms with van der Waals surface area (Å²) in [6, 6.07) is -0.0843. The minimum absolute atomic E-state index is 0.0700. The van der Waals surface area contributed by atoms with E-state index in [0.29, 0.717) is 25.7 Å². The number of nitrogens with one attached hydrogen (secondary N) is 1. The largest absolute Gasteiger partial charge is 0.480 e. The average Bonchev–Trinajstić information content (AvgIpc) is 2.41. The van der Waals surface area contributed by atoms with Crippen molar-refractivity contribution in [2.45, 2.75) is 12.1 Å². The Hall–Kier alpha value is -1.24. The SMILES string of the molecule is CNC(c1nccnc1OC)C1COCCO1. The Morgan fingerprint density at radius 2 is 2.24 bits per heavy atom. The van der Waals surface area contributed by atoms with Crippen molar-refractivity contribution in [3.63, 3.8) is 0 Å². The van der Waals surface area contributed by atoms with Crippen LogP contribution in [0.4, 0.5) is 0 Å². The maximum atomic E-state index is 5.67. The summed E-state index contributed by atoms with van der Waals surface area (Å²) in [5.41, 5.74) is 0.744. The average molecular weight is 239 g/mol. The van der Waals surface area contributed by atoms with Gasteiger partial charge in [0.15, 0.2) is 0 Å². The molecule has 0 amide bonds. The van der Waals surface area contributed by atoms with Crippen molar-refractivity contribution >= 4 is 0 Å². The van der Waals surface area contributed by atoms with Crippen LogP contribution in [0.2, 0.25) is 0 Å². The zero-order valence-electron chi connectivity index (χ0n) is 10.0. The molecule has 2 atom stereocenters.